The van der Waals surface area contributed by atoms with Crippen LogP contribution >= 0.6 is 0 Å². The van der Waals surface area contributed by atoms with Gasteiger partial charge in [0.15, 0.2) is 6.29 Å². The molecule has 0 spiro atoms. The van der Waals surface area contributed by atoms with Gasteiger partial charge >= 0.3 is 11.9 Å². The van der Waals surface area contributed by atoms with E-state index in [2.05, 4.69) is 0 Å². The number of esters is 2. The molecule has 2 saturated heterocycles. The topological polar surface area (TPSA) is 71.1 Å². The standard InChI is InChI=1S/C16H26O6/c1-2-16(20-7-5-13-9-15(18)22-11-13)19-6-3-4-12-8-14(17)21-10-12/h12-13,16H,2-11H2,1H3. The highest BCUT2D eigenvalue weighted by molar-refractivity contribution is 5.71. The Labute approximate surface area is 131 Å². The molecular weight excluding hydrogens is 288 g/mol. The lowest BCUT2D eigenvalue weighted by Crippen LogP contribution is -2.19. The zero-order valence-electron chi connectivity index (χ0n) is 13.3. The average molecular weight is 314 g/mol. The summed E-state index contributed by atoms with van der Waals surface area (Å²) in [4.78, 5) is 22.0. The second-order valence-electron chi connectivity index (χ2n) is 6.02. The van der Waals surface area contributed by atoms with Crippen molar-refractivity contribution in [2.75, 3.05) is 26.4 Å². The molecule has 0 aromatic heterocycles. The summed E-state index contributed by atoms with van der Waals surface area (Å²) in [6.45, 7) is 4.31. The van der Waals surface area contributed by atoms with E-state index in [-0.39, 0.29) is 24.1 Å². The van der Waals surface area contributed by atoms with Crippen LogP contribution in [0.1, 0.15) is 45.4 Å². The summed E-state index contributed by atoms with van der Waals surface area (Å²) in [7, 11) is 0. The Hall–Kier alpha value is -1.14. The highest BCUT2D eigenvalue weighted by Crippen LogP contribution is 2.20. The van der Waals surface area contributed by atoms with E-state index in [1.165, 1.54) is 0 Å². The summed E-state index contributed by atoms with van der Waals surface area (Å²) in [6.07, 6.45) is 4.33. The van der Waals surface area contributed by atoms with Crippen molar-refractivity contribution in [1.29, 1.82) is 0 Å². The molecule has 0 aromatic rings. The average Bonchev–Trinajstić information content (AvgIpc) is 3.10. The molecule has 0 saturated carbocycles. The molecule has 2 aliphatic heterocycles. The predicted molar refractivity (Wildman–Crippen MR) is 78.0 cm³/mol. The third-order valence-corrected chi connectivity index (χ3v) is 4.09. The zero-order valence-corrected chi connectivity index (χ0v) is 13.3. The van der Waals surface area contributed by atoms with Gasteiger partial charge in [-0.1, -0.05) is 6.92 Å². The molecule has 0 radical (unpaired) electrons. The Balaban J connectivity index is 1.49. The number of ether oxygens (including phenoxy) is 4. The van der Waals surface area contributed by atoms with Crippen molar-refractivity contribution in [2.24, 2.45) is 11.8 Å². The van der Waals surface area contributed by atoms with Gasteiger partial charge < -0.3 is 18.9 Å². The fourth-order valence-corrected chi connectivity index (χ4v) is 2.74. The molecule has 22 heavy (non-hydrogen) atoms. The second-order valence-corrected chi connectivity index (χ2v) is 6.02. The minimum absolute atomic E-state index is 0.0879. The van der Waals surface area contributed by atoms with Gasteiger partial charge in [-0.2, -0.15) is 0 Å². The largest absolute Gasteiger partial charge is 0.465 e. The van der Waals surface area contributed by atoms with Gasteiger partial charge in [-0.05, 0) is 25.7 Å². The molecular formula is C16H26O6. The van der Waals surface area contributed by atoms with Gasteiger partial charge in [0.1, 0.15) is 0 Å². The SMILES string of the molecule is CCC(OCCCC1COC(=O)C1)OCCC1COC(=O)C1. The van der Waals surface area contributed by atoms with Crippen LogP contribution in [0.5, 0.6) is 0 Å². The van der Waals surface area contributed by atoms with Crippen LogP contribution in [-0.2, 0) is 28.5 Å². The Morgan fingerprint density at radius 1 is 1.00 bits per heavy atom. The molecule has 2 heterocycles. The normalized spacial score (nSPS) is 26.0. The van der Waals surface area contributed by atoms with E-state index in [4.69, 9.17) is 18.9 Å². The molecule has 0 amide bonds. The Morgan fingerprint density at radius 3 is 2.14 bits per heavy atom. The third-order valence-electron chi connectivity index (χ3n) is 4.09. The first-order valence-electron chi connectivity index (χ1n) is 8.21. The van der Waals surface area contributed by atoms with E-state index in [9.17, 15) is 9.59 Å². The minimum Gasteiger partial charge on any atom is -0.465 e. The Morgan fingerprint density at radius 2 is 1.59 bits per heavy atom. The van der Waals surface area contributed by atoms with E-state index in [1.54, 1.807) is 0 Å². The van der Waals surface area contributed by atoms with Gasteiger partial charge in [-0.15, -0.1) is 0 Å². The first kappa shape index (κ1) is 17.2. The lowest BCUT2D eigenvalue weighted by atomic mass is 10.0. The van der Waals surface area contributed by atoms with E-state index in [0.29, 0.717) is 45.2 Å². The summed E-state index contributed by atoms with van der Waals surface area (Å²) >= 11 is 0. The van der Waals surface area contributed by atoms with Gasteiger partial charge in [-0.3, -0.25) is 9.59 Å². The molecule has 126 valence electrons. The molecule has 2 fully saturated rings. The van der Waals surface area contributed by atoms with Crippen LogP contribution in [0.15, 0.2) is 0 Å². The fraction of sp³-hybridized carbons (Fsp3) is 0.875. The number of hydrogen-bond acceptors (Lipinski definition) is 6. The fourth-order valence-electron chi connectivity index (χ4n) is 2.74. The summed E-state index contributed by atoms with van der Waals surface area (Å²) in [6, 6.07) is 0. The first-order valence-corrected chi connectivity index (χ1v) is 8.21. The third kappa shape index (κ3) is 5.93. The monoisotopic (exact) mass is 314 g/mol. The van der Waals surface area contributed by atoms with Gasteiger partial charge in [-0.25, -0.2) is 0 Å². The van der Waals surface area contributed by atoms with Crippen molar-refractivity contribution in [3.63, 3.8) is 0 Å². The van der Waals surface area contributed by atoms with Crippen molar-refractivity contribution in [3.05, 3.63) is 0 Å². The first-order chi connectivity index (χ1) is 10.7. The molecule has 3 atom stereocenters. The quantitative estimate of drug-likeness (QED) is 0.349. The molecule has 2 aliphatic rings. The minimum atomic E-state index is -0.195. The molecule has 2 rings (SSSR count). The number of carbonyl (C=O) groups excluding carboxylic acids is 2. The zero-order chi connectivity index (χ0) is 15.8. The lowest BCUT2D eigenvalue weighted by molar-refractivity contribution is -0.146. The maximum Gasteiger partial charge on any atom is 0.306 e. The summed E-state index contributed by atoms with van der Waals surface area (Å²) in [5, 5.41) is 0. The summed E-state index contributed by atoms with van der Waals surface area (Å²) < 4.78 is 21.3. The van der Waals surface area contributed by atoms with E-state index in [1.807, 2.05) is 6.92 Å². The molecule has 0 aliphatic carbocycles. The van der Waals surface area contributed by atoms with Crippen molar-refractivity contribution < 1.29 is 28.5 Å². The van der Waals surface area contributed by atoms with Gasteiger partial charge in [0.25, 0.3) is 0 Å². The smallest absolute Gasteiger partial charge is 0.306 e. The molecule has 0 bridgehead atoms. The Bertz CT molecular complexity index is 370. The molecule has 3 unspecified atom stereocenters. The maximum atomic E-state index is 11.0. The van der Waals surface area contributed by atoms with Gasteiger partial charge in [0.2, 0.25) is 0 Å². The second kappa shape index (κ2) is 9.10. The van der Waals surface area contributed by atoms with E-state index in [0.717, 1.165) is 25.7 Å². The number of carbonyl (C=O) groups is 2. The highest BCUT2D eigenvalue weighted by Gasteiger charge is 2.24. The number of hydrogen-bond donors (Lipinski definition) is 0. The molecule has 6 heteroatoms. The molecule has 0 aromatic carbocycles. The lowest BCUT2D eigenvalue weighted by Gasteiger charge is -2.18. The van der Waals surface area contributed by atoms with E-state index < -0.39 is 0 Å². The molecule has 6 nitrogen and oxygen atoms in total. The summed E-state index contributed by atoms with van der Waals surface area (Å²) in [5.41, 5.74) is 0. The van der Waals surface area contributed by atoms with Crippen LogP contribution in [0.3, 0.4) is 0 Å². The van der Waals surface area contributed by atoms with Crippen LogP contribution in [-0.4, -0.2) is 44.7 Å². The summed E-state index contributed by atoms with van der Waals surface area (Å²) in [5.74, 6) is 0.430. The van der Waals surface area contributed by atoms with Crippen LogP contribution in [0.25, 0.3) is 0 Å². The van der Waals surface area contributed by atoms with Crippen LogP contribution in [0.4, 0.5) is 0 Å². The Kier molecular flexibility index (Phi) is 7.12. The van der Waals surface area contributed by atoms with Crippen LogP contribution in [0, 0.1) is 11.8 Å². The molecule has 0 N–H and O–H groups in total. The van der Waals surface area contributed by atoms with Crippen LogP contribution in [0.2, 0.25) is 0 Å². The van der Waals surface area contributed by atoms with Crippen molar-refractivity contribution in [1.82, 2.24) is 0 Å². The van der Waals surface area contributed by atoms with Crippen molar-refractivity contribution in [3.8, 4) is 0 Å². The van der Waals surface area contributed by atoms with Crippen molar-refractivity contribution >= 4 is 11.9 Å². The maximum absolute atomic E-state index is 11.0. The number of rotatable bonds is 10. The highest BCUT2D eigenvalue weighted by atomic mass is 16.7. The van der Waals surface area contributed by atoms with Gasteiger partial charge in [0.05, 0.1) is 32.7 Å². The van der Waals surface area contributed by atoms with Crippen LogP contribution < -0.4 is 0 Å². The number of cyclic esters (lactones) is 2. The van der Waals surface area contributed by atoms with E-state index >= 15 is 0 Å². The van der Waals surface area contributed by atoms with Gasteiger partial charge in [0, 0.05) is 18.4 Å². The predicted octanol–water partition coefficient (Wildman–Crippen LogP) is 2.05. The van der Waals surface area contributed by atoms with Crippen molar-refractivity contribution in [2.45, 2.75) is 51.7 Å².